The number of rotatable bonds is 12. The van der Waals surface area contributed by atoms with Gasteiger partial charge >= 0.3 is 12.0 Å². The number of carboxylic acids is 1. The van der Waals surface area contributed by atoms with Gasteiger partial charge in [0.25, 0.3) is 0 Å². The van der Waals surface area contributed by atoms with Crippen LogP contribution >= 0.6 is 0 Å². The number of carbonyl (C=O) groups is 2. The van der Waals surface area contributed by atoms with E-state index in [1.807, 2.05) is 56.3 Å². The summed E-state index contributed by atoms with van der Waals surface area (Å²) in [5.74, 6) is 0.826. The van der Waals surface area contributed by atoms with Crippen LogP contribution in [0.2, 0.25) is 0 Å². The summed E-state index contributed by atoms with van der Waals surface area (Å²) in [4.78, 5) is 27.7. The fourth-order valence-corrected chi connectivity index (χ4v) is 5.16. The SMILES string of the molecule is COc1cc(C(C)N(CCO[C@@H](C)c2ccccc2)C(=O)NC2(C(=O)O)CCOCC2)cc(OC)c1C1CC1. The highest BCUT2D eigenvalue weighted by atomic mass is 16.5. The molecule has 0 aromatic heterocycles. The van der Waals surface area contributed by atoms with Gasteiger partial charge in [-0.3, -0.25) is 0 Å². The van der Waals surface area contributed by atoms with Crippen molar-refractivity contribution in [3.8, 4) is 11.5 Å². The highest BCUT2D eigenvalue weighted by Gasteiger charge is 2.43. The third-order valence-electron chi connectivity index (χ3n) is 7.83. The van der Waals surface area contributed by atoms with E-state index in [1.165, 1.54) is 0 Å². The van der Waals surface area contributed by atoms with E-state index in [4.69, 9.17) is 18.9 Å². The summed E-state index contributed by atoms with van der Waals surface area (Å²) in [5.41, 5.74) is 1.55. The van der Waals surface area contributed by atoms with E-state index >= 15 is 0 Å². The van der Waals surface area contributed by atoms with Crippen LogP contribution in [-0.2, 0) is 14.3 Å². The van der Waals surface area contributed by atoms with E-state index in [9.17, 15) is 14.7 Å². The molecule has 4 rings (SSSR count). The summed E-state index contributed by atoms with van der Waals surface area (Å²) >= 11 is 0. The molecular formula is C30H40N2O7. The Kier molecular flexibility index (Phi) is 9.35. The second-order valence-corrected chi connectivity index (χ2v) is 10.3. The normalized spacial score (nSPS) is 18.1. The number of methoxy groups -OCH3 is 2. The van der Waals surface area contributed by atoms with Gasteiger partial charge in [0, 0.05) is 38.2 Å². The Bertz CT molecular complexity index is 1100. The lowest BCUT2D eigenvalue weighted by molar-refractivity contribution is -0.148. The molecule has 39 heavy (non-hydrogen) atoms. The number of nitrogens with one attached hydrogen (secondary N) is 1. The fraction of sp³-hybridized carbons (Fsp3) is 0.533. The second-order valence-electron chi connectivity index (χ2n) is 10.3. The van der Waals surface area contributed by atoms with Crippen LogP contribution in [0.25, 0.3) is 0 Å². The molecule has 2 fully saturated rings. The molecule has 2 amide bonds. The summed E-state index contributed by atoms with van der Waals surface area (Å²) < 4.78 is 22.9. The molecule has 1 aliphatic heterocycles. The van der Waals surface area contributed by atoms with Gasteiger partial charge in [0.1, 0.15) is 17.0 Å². The number of ether oxygens (including phenoxy) is 4. The summed E-state index contributed by atoms with van der Waals surface area (Å²) in [7, 11) is 3.28. The maximum atomic E-state index is 13.8. The van der Waals surface area contributed by atoms with E-state index < -0.39 is 23.6 Å². The van der Waals surface area contributed by atoms with E-state index in [1.54, 1.807) is 19.1 Å². The Labute approximate surface area is 230 Å². The minimum atomic E-state index is -1.38. The molecule has 2 N–H and O–H groups in total. The maximum absolute atomic E-state index is 13.8. The molecule has 9 heteroatoms. The van der Waals surface area contributed by atoms with Crippen LogP contribution in [-0.4, -0.2) is 68.1 Å². The largest absolute Gasteiger partial charge is 0.496 e. The van der Waals surface area contributed by atoms with Gasteiger partial charge in [0.2, 0.25) is 0 Å². The van der Waals surface area contributed by atoms with Crippen molar-refractivity contribution < 1.29 is 33.6 Å². The van der Waals surface area contributed by atoms with Gasteiger partial charge < -0.3 is 34.3 Å². The fourth-order valence-electron chi connectivity index (χ4n) is 5.16. The smallest absolute Gasteiger partial charge is 0.329 e. The molecule has 0 radical (unpaired) electrons. The van der Waals surface area contributed by atoms with Crippen molar-refractivity contribution in [2.45, 2.75) is 63.1 Å². The first-order valence-corrected chi connectivity index (χ1v) is 13.6. The lowest BCUT2D eigenvalue weighted by Crippen LogP contribution is -2.60. The highest BCUT2D eigenvalue weighted by Crippen LogP contribution is 2.49. The number of aliphatic carboxylic acids is 1. The molecule has 9 nitrogen and oxygen atoms in total. The number of urea groups is 1. The van der Waals surface area contributed by atoms with E-state index in [0.717, 1.165) is 41.0 Å². The van der Waals surface area contributed by atoms with Gasteiger partial charge in [0.05, 0.1) is 33.0 Å². The van der Waals surface area contributed by atoms with Gasteiger partial charge in [0.15, 0.2) is 0 Å². The zero-order valence-corrected chi connectivity index (χ0v) is 23.3. The summed E-state index contributed by atoms with van der Waals surface area (Å²) in [6, 6.07) is 12.9. The van der Waals surface area contributed by atoms with Crippen molar-refractivity contribution in [1.29, 1.82) is 0 Å². The van der Waals surface area contributed by atoms with Crippen molar-refractivity contribution in [2.75, 3.05) is 40.6 Å². The average molecular weight is 541 g/mol. The molecule has 2 aliphatic rings. The number of hydrogen-bond acceptors (Lipinski definition) is 6. The molecular weight excluding hydrogens is 500 g/mol. The molecule has 1 heterocycles. The quantitative estimate of drug-likeness (QED) is 0.387. The van der Waals surface area contributed by atoms with Crippen molar-refractivity contribution in [3.63, 3.8) is 0 Å². The zero-order valence-electron chi connectivity index (χ0n) is 23.3. The van der Waals surface area contributed by atoms with Crippen LogP contribution in [0.1, 0.15) is 74.3 Å². The molecule has 212 valence electrons. The standard InChI is InChI=1S/C30H40N2O7/c1-20(24-18-25(36-3)27(23-10-11-23)26(19-24)37-4)32(14-17-39-21(2)22-8-6-5-7-9-22)29(35)31-30(28(33)34)12-15-38-16-13-30/h5-9,18-21,23H,10-17H2,1-4H3,(H,31,35)(H,33,34)/t20?,21-/m0/s1. The average Bonchev–Trinajstić information content (AvgIpc) is 3.80. The summed E-state index contributed by atoms with van der Waals surface area (Å²) in [5, 5.41) is 12.9. The highest BCUT2D eigenvalue weighted by molar-refractivity contribution is 5.86. The van der Waals surface area contributed by atoms with E-state index in [-0.39, 0.29) is 45.3 Å². The number of carbonyl (C=O) groups excluding carboxylic acids is 1. The number of nitrogens with zero attached hydrogens (tertiary/aromatic N) is 1. The van der Waals surface area contributed by atoms with Crippen molar-refractivity contribution in [2.24, 2.45) is 0 Å². The third kappa shape index (κ3) is 6.65. The topological polar surface area (TPSA) is 107 Å². The number of benzene rings is 2. The molecule has 2 aromatic rings. The van der Waals surface area contributed by atoms with Crippen molar-refractivity contribution in [3.05, 3.63) is 59.2 Å². The van der Waals surface area contributed by atoms with E-state index in [2.05, 4.69) is 5.32 Å². The zero-order chi connectivity index (χ0) is 28.0. The van der Waals surface area contributed by atoms with E-state index in [0.29, 0.717) is 5.92 Å². The number of amides is 2. The first-order chi connectivity index (χ1) is 18.8. The predicted molar refractivity (Wildman–Crippen MR) is 146 cm³/mol. The van der Waals surface area contributed by atoms with Crippen LogP contribution in [0.4, 0.5) is 4.79 Å². The number of carboxylic acid groups (broad SMARTS) is 1. The Morgan fingerprint density at radius 3 is 2.21 bits per heavy atom. The van der Waals surface area contributed by atoms with Crippen LogP contribution in [0, 0.1) is 0 Å². The summed E-state index contributed by atoms with van der Waals surface area (Å²) in [6.07, 6.45) is 2.43. The van der Waals surface area contributed by atoms with Crippen LogP contribution in [0.5, 0.6) is 11.5 Å². The molecule has 1 aliphatic carbocycles. The molecule has 1 unspecified atom stereocenters. The van der Waals surface area contributed by atoms with Crippen LogP contribution in [0.15, 0.2) is 42.5 Å². The molecule has 2 atom stereocenters. The Morgan fingerprint density at radius 2 is 1.67 bits per heavy atom. The van der Waals surface area contributed by atoms with Gasteiger partial charge in [-0.1, -0.05) is 30.3 Å². The lowest BCUT2D eigenvalue weighted by Gasteiger charge is -2.38. The monoisotopic (exact) mass is 540 g/mol. The molecule has 1 saturated carbocycles. The molecule has 2 aromatic carbocycles. The Morgan fingerprint density at radius 1 is 1.05 bits per heavy atom. The van der Waals surface area contributed by atoms with Gasteiger partial charge in [-0.2, -0.15) is 0 Å². The predicted octanol–water partition coefficient (Wildman–Crippen LogP) is 5.07. The van der Waals surface area contributed by atoms with Crippen LogP contribution in [0.3, 0.4) is 0 Å². The first-order valence-electron chi connectivity index (χ1n) is 13.6. The first kappa shape index (κ1) is 28.7. The summed E-state index contributed by atoms with van der Waals surface area (Å²) in [6.45, 7) is 4.96. The van der Waals surface area contributed by atoms with Crippen molar-refractivity contribution >= 4 is 12.0 Å². The molecule has 0 bridgehead atoms. The van der Waals surface area contributed by atoms with Gasteiger partial charge in [-0.05, 0) is 55.9 Å². The minimum Gasteiger partial charge on any atom is -0.496 e. The second kappa shape index (κ2) is 12.7. The van der Waals surface area contributed by atoms with Gasteiger partial charge in [-0.15, -0.1) is 0 Å². The maximum Gasteiger partial charge on any atom is 0.329 e. The lowest BCUT2D eigenvalue weighted by atomic mass is 9.90. The van der Waals surface area contributed by atoms with Crippen LogP contribution < -0.4 is 14.8 Å². The molecule has 0 spiro atoms. The Balaban J connectivity index is 1.59. The van der Waals surface area contributed by atoms with Gasteiger partial charge in [-0.25, -0.2) is 9.59 Å². The number of hydrogen-bond donors (Lipinski definition) is 2. The minimum absolute atomic E-state index is 0.162. The third-order valence-corrected chi connectivity index (χ3v) is 7.83. The van der Waals surface area contributed by atoms with Crippen molar-refractivity contribution in [1.82, 2.24) is 10.2 Å². The Hall–Kier alpha value is -3.30. The molecule has 1 saturated heterocycles.